The van der Waals surface area contributed by atoms with Gasteiger partial charge in [-0.05, 0) is 61.1 Å². The van der Waals surface area contributed by atoms with E-state index in [9.17, 15) is 4.79 Å². The Morgan fingerprint density at radius 1 is 1.04 bits per heavy atom. The highest BCUT2D eigenvalue weighted by Crippen LogP contribution is 2.28. The second kappa shape index (κ2) is 6.28. The lowest BCUT2D eigenvalue weighted by atomic mass is 9.90. The minimum absolute atomic E-state index is 0.177. The third kappa shape index (κ3) is 2.80. The summed E-state index contributed by atoms with van der Waals surface area (Å²) < 4.78 is 0. The zero-order valence-corrected chi connectivity index (χ0v) is 13.2. The van der Waals surface area contributed by atoms with Crippen molar-refractivity contribution in [3.63, 3.8) is 0 Å². The Kier molecular flexibility index (Phi) is 3.83. The van der Waals surface area contributed by atoms with E-state index in [1.165, 1.54) is 24.0 Å². The molecule has 3 aromatic rings. The Balaban J connectivity index is 1.56. The van der Waals surface area contributed by atoms with Crippen LogP contribution < -0.4 is 5.32 Å². The van der Waals surface area contributed by atoms with Gasteiger partial charge in [0.2, 0.25) is 0 Å². The number of amides is 1. The predicted octanol–water partition coefficient (Wildman–Crippen LogP) is 3.60. The van der Waals surface area contributed by atoms with Crippen LogP contribution in [0.1, 0.15) is 34.5 Å². The lowest BCUT2D eigenvalue weighted by Crippen LogP contribution is -2.15. The highest BCUT2D eigenvalue weighted by molar-refractivity contribution is 6.03. The highest BCUT2D eigenvalue weighted by atomic mass is 16.1. The number of nitrogens with zero attached hydrogens (tertiary/aromatic N) is 2. The standard InChI is InChI=1S/C19H18N4O/c24-19(18-12-17(22-23-18)16-9-3-4-11-20-16)21-15-10-5-7-13-6-1-2-8-14(13)15/h3-5,7,9-12H,1-2,6,8H2,(H,21,24)(H,22,23). The number of rotatable bonds is 3. The summed E-state index contributed by atoms with van der Waals surface area (Å²) in [6.07, 6.45) is 6.22. The van der Waals surface area contributed by atoms with Gasteiger partial charge < -0.3 is 5.32 Å². The van der Waals surface area contributed by atoms with Crippen molar-refractivity contribution in [1.82, 2.24) is 15.2 Å². The van der Waals surface area contributed by atoms with Gasteiger partial charge in [0.05, 0.1) is 5.69 Å². The minimum atomic E-state index is -0.177. The first kappa shape index (κ1) is 14.6. The topological polar surface area (TPSA) is 70.7 Å². The second-order valence-electron chi connectivity index (χ2n) is 5.99. The van der Waals surface area contributed by atoms with Crippen molar-refractivity contribution in [1.29, 1.82) is 0 Å². The molecule has 0 spiro atoms. The van der Waals surface area contributed by atoms with E-state index in [2.05, 4.69) is 26.6 Å². The number of H-pyrrole nitrogens is 1. The molecule has 0 saturated carbocycles. The molecular weight excluding hydrogens is 300 g/mol. The average Bonchev–Trinajstić information content (AvgIpc) is 3.13. The first-order chi connectivity index (χ1) is 11.8. The smallest absolute Gasteiger partial charge is 0.273 e. The Hall–Kier alpha value is -2.95. The molecule has 0 aliphatic heterocycles. The van der Waals surface area contributed by atoms with E-state index in [4.69, 9.17) is 0 Å². The molecular formula is C19H18N4O. The number of hydrogen-bond acceptors (Lipinski definition) is 3. The number of benzene rings is 1. The van der Waals surface area contributed by atoms with E-state index in [-0.39, 0.29) is 5.91 Å². The molecule has 0 fully saturated rings. The SMILES string of the molecule is O=C(Nc1cccc2c1CCCC2)c1cc(-c2ccccn2)n[nH]1. The van der Waals surface area contributed by atoms with Gasteiger partial charge in [-0.3, -0.25) is 14.9 Å². The number of nitrogens with one attached hydrogen (secondary N) is 2. The van der Waals surface area contributed by atoms with Gasteiger partial charge in [-0.25, -0.2) is 0 Å². The fraction of sp³-hybridized carbons (Fsp3) is 0.211. The highest BCUT2D eigenvalue weighted by Gasteiger charge is 2.16. The van der Waals surface area contributed by atoms with Crippen molar-refractivity contribution >= 4 is 11.6 Å². The molecule has 1 aliphatic carbocycles. The van der Waals surface area contributed by atoms with Crippen LogP contribution in [0.25, 0.3) is 11.4 Å². The fourth-order valence-electron chi connectivity index (χ4n) is 3.17. The van der Waals surface area contributed by atoms with Crippen LogP contribution in [0.2, 0.25) is 0 Å². The summed E-state index contributed by atoms with van der Waals surface area (Å²) in [6.45, 7) is 0. The minimum Gasteiger partial charge on any atom is -0.320 e. The first-order valence-corrected chi connectivity index (χ1v) is 8.20. The van der Waals surface area contributed by atoms with Crippen molar-refractivity contribution in [2.45, 2.75) is 25.7 Å². The molecule has 4 rings (SSSR count). The molecule has 120 valence electrons. The summed E-state index contributed by atoms with van der Waals surface area (Å²) in [7, 11) is 0. The van der Waals surface area contributed by atoms with E-state index < -0.39 is 0 Å². The molecule has 2 N–H and O–H groups in total. The molecule has 0 bridgehead atoms. The van der Waals surface area contributed by atoms with Crippen LogP contribution in [0.3, 0.4) is 0 Å². The predicted molar refractivity (Wildman–Crippen MR) is 92.9 cm³/mol. The first-order valence-electron chi connectivity index (χ1n) is 8.20. The summed E-state index contributed by atoms with van der Waals surface area (Å²) in [4.78, 5) is 16.8. The number of aromatic amines is 1. The Bertz CT molecular complexity index is 870. The molecule has 0 atom stereocenters. The summed E-state index contributed by atoms with van der Waals surface area (Å²) in [5.41, 5.74) is 5.36. The van der Waals surface area contributed by atoms with Gasteiger partial charge in [-0.15, -0.1) is 0 Å². The quantitative estimate of drug-likeness (QED) is 0.775. The number of carbonyl (C=O) groups is 1. The third-order valence-electron chi connectivity index (χ3n) is 4.39. The summed E-state index contributed by atoms with van der Waals surface area (Å²) >= 11 is 0. The number of aromatic nitrogens is 3. The van der Waals surface area contributed by atoms with Crippen molar-refractivity contribution in [3.8, 4) is 11.4 Å². The average molecular weight is 318 g/mol. The van der Waals surface area contributed by atoms with E-state index in [0.717, 1.165) is 24.2 Å². The molecule has 2 aromatic heterocycles. The van der Waals surface area contributed by atoms with Gasteiger partial charge in [0, 0.05) is 11.9 Å². The zero-order valence-electron chi connectivity index (χ0n) is 13.2. The monoisotopic (exact) mass is 318 g/mol. The molecule has 5 nitrogen and oxygen atoms in total. The van der Waals surface area contributed by atoms with Gasteiger partial charge in [-0.1, -0.05) is 18.2 Å². The largest absolute Gasteiger partial charge is 0.320 e. The molecule has 0 unspecified atom stereocenters. The maximum Gasteiger partial charge on any atom is 0.273 e. The Morgan fingerprint density at radius 3 is 2.83 bits per heavy atom. The number of carbonyl (C=O) groups excluding carboxylic acids is 1. The van der Waals surface area contributed by atoms with E-state index in [0.29, 0.717) is 11.4 Å². The summed E-state index contributed by atoms with van der Waals surface area (Å²) in [5.74, 6) is -0.177. The van der Waals surface area contributed by atoms with Gasteiger partial charge >= 0.3 is 0 Å². The lowest BCUT2D eigenvalue weighted by Gasteiger charge is -2.19. The number of hydrogen-bond donors (Lipinski definition) is 2. The molecule has 24 heavy (non-hydrogen) atoms. The molecule has 1 aliphatic rings. The van der Waals surface area contributed by atoms with Gasteiger partial charge in [-0.2, -0.15) is 5.10 Å². The van der Waals surface area contributed by atoms with Crippen molar-refractivity contribution in [2.75, 3.05) is 5.32 Å². The maximum atomic E-state index is 12.5. The second-order valence-corrected chi connectivity index (χ2v) is 5.99. The van der Waals surface area contributed by atoms with Crippen LogP contribution in [0.4, 0.5) is 5.69 Å². The van der Waals surface area contributed by atoms with Crippen molar-refractivity contribution in [2.24, 2.45) is 0 Å². The van der Waals surface area contributed by atoms with E-state index in [1.54, 1.807) is 12.3 Å². The van der Waals surface area contributed by atoms with Crippen LogP contribution in [0.15, 0.2) is 48.7 Å². The Labute approximate surface area is 140 Å². The number of pyridine rings is 1. The van der Waals surface area contributed by atoms with Crippen molar-refractivity contribution in [3.05, 3.63) is 65.5 Å². The van der Waals surface area contributed by atoms with Crippen LogP contribution >= 0.6 is 0 Å². The Morgan fingerprint density at radius 2 is 1.96 bits per heavy atom. The molecule has 1 amide bonds. The zero-order chi connectivity index (χ0) is 16.4. The van der Waals surface area contributed by atoms with Gasteiger partial charge in [0.1, 0.15) is 11.4 Å². The lowest BCUT2D eigenvalue weighted by molar-refractivity contribution is 0.102. The van der Waals surface area contributed by atoms with Crippen molar-refractivity contribution < 1.29 is 4.79 Å². The molecule has 1 aromatic carbocycles. The summed E-state index contributed by atoms with van der Waals surface area (Å²) in [6, 6.07) is 13.5. The van der Waals surface area contributed by atoms with Crippen LogP contribution in [-0.2, 0) is 12.8 Å². The maximum absolute atomic E-state index is 12.5. The molecule has 5 heteroatoms. The number of anilines is 1. The number of fused-ring (bicyclic) bond motifs is 1. The van der Waals surface area contributed by atoms with Crippen LogP contribution in [-0.4, -0.2) is 21.1 Å². The third-order valence-corrected chi connectivity index (χ3v) is 4.39. The van der Waals surface area contributed by atoms with Crippen LogP contribution in [0.5, 0.6) is 0 Å². The molecule has 0 saturated heterocycles. The van der Waals surface area contributed by atoms with Gasteiger partial charge in [0.25, 0.3) is 5.91 Å². The molecule has 2 heterocycles. The number of aryl methyl sites for hydroxylation is 1. The van der Waals surface area contributed by atoms with Crippen LogP contribution in [0, 0.1) is 0 Å². The fourth-order valence-corrected chi connectivity index (χ4v) is 3.17. The van der Waals surface area contributed by atoms with Gasteiger partial charge in [0.15, 0.2) is 0 Å². The molecule has 0 radical (unpaired) electrons. The van der Waals surface area contributed by atoms with E-state index >= 15 is 0 Å². The van der Waals surface area contributed by atoms with E-state index in [1.807, 2.05) is 30.3 Å². The normalized spacial score (nSPS) is 13.3. The summed E-state index contributed by atoms with van der Waals surface area (Å²) in [5, 5.41) is 10.0.